The topological polar surface area (TPSA) is 52.3 Å². The molecular weight excluding hydrogens is 300 g/mol. The molecule has 0 N–H and O–H groups in total. The molecule has 3 aromatic heterocycles. The Morgan fingerprint density at radius 1 is 0.958 bits per heavy atom. The van der Waals surface area contributed by atoms with Gasteiger partial charge in [0.1, 0.15) is 5.75 Å². The molecule has 0 unspecified atom stereocenters. The summed E-state index contributed by atoms with van der Waals surface area (Å²) in [6.07, 6.45) is 5.54. The van der Waals surface area contributed by atoms with E-state index < -0.39 is 0 Å². The number of pyridine rings is 1. The van der Waals surface area contributed by atoms with E-state index in [2.05, 4.69) is 16.0 Å². The minimum absolute atomic E-state index is 0.666. The number of benzene rings is 1. The van der Waals surface area contributed by atoms with Crippen molar-refractivity contribution in [2.24, 2.45) is 0 Å². The van der Waals surface area contributed by atoms with Crippen LogP contribution in [0.2, 0.25) is 0 Å². The van der Waals surface area contributed by atoms with Gasteiger partial charge in [-0.25, -0.2) is 9.97 Å². The Labute approximate surface area is 139 Å². The molecule has 0 radical (unpaired) electrons. The normalized spacial score (nSPS) is 10.9. The Hall–Kier alpha value is -3.21. The predicted octanol–water partition coefficient (Wildman–Crippen LogP) is 3.78. The van der Waals surface area contributed by atoms with E-state index in [1.807, 2.05) is 60.1 Å². The molecule has 4 aromatic rings. The van der Waals surface area contributed by atoms with Crippen LogP contribution in [0.3, 0.4) is 0 Å². The molecule has 0 saturated heterocycles. The van der Waals surface area contributed by atoms with Gasteiger partial charge in [0, 0.05) is 35.4 Å². The van der Waals surface area contributed by atoms with Crippen LogP contribution in [-0.4, -0.2) is 26.5 Å². The molecule has 0 aliphatic rings. The first kappa shape index (κ1) is 14.4. The minimum atomic E-state index is 0.666. The molecule has 0 amide bonds. The third kappa shape index (κ3) is 2.40. The molecule has 5 heteroatoms. The molecule has 0 saturated carbocycles. The van der Waals surface area contributed by atoms with Crippen molar-refractivity contribution in [2.45, 2.75) is 6.92 Å². The fraction of sp³-hybridized carbons (Fsp3) is 0.105. The molecule has 24 heavy (non-hydrogen) atoms. The highest BCUT2D eigenvalue weighted by atomic mass is 16.5. The van der Waals surface area contributed by atoms with Crippen LogP contribution in [0.1, 0.15) is 5.69 Å². The number of rotatable bonds is 3. The summed E-state index contributed by atoms with van der Waals surface area (Å²) in [7, 11) is 1.66. The number of hydrogen-bond acceptors (Lipinski definition) is 4. The summed E-state index contributed by atoms with van der Waals surface area (Å²) in [5.74, 6) is 1.47. The minimum Gasteiger partial charge on any atom is -0.497 e. The van der Waals surface area contributed by atoms with E-state index in [1.165, 1.54) is 0 Å². The molecule has 0 fully saturated rings. The third-order valence-corrected chi connectivity index (χ3v) is 3.92. The van der Waals surface area contributed by atoms with Crippen LogP contribution in [0, 0.1) is 6.92 Å². The molecule has 3 heterocycles. The van der Waals surface area contributed by atoms with Crippen LogP contribution in [0.25, 0.3) is 28.3 Å². The van der Waals surface area contributed by atoms with Gasteiger partial charge in [-0.3, -0.25) is 9.38 Å². The predicted molar refractivity (Wildman–Crippen MR) is 92.9 cm³/mol. The van der Waals surface area contributed by atoms with E-state index in [1.54, 1.807) is 13.3 Å². The van der Waals surface area contributed by atoms with E-state index in [0.717, 1.165) is 34.0 Å². The zero-order chi connectivity index (χ0) is 16.5. The molecule has 0 aliphatic heterocycles. The molecular formula is C19H16N4O. The van der Waals surface area contributed by atoms with Crippen molar-refractivity contribution in [3.05, 3.63) is 66.7 Å². The lowest BCUT2D eigenvalue weighted by Crippen LogP contribution is -1.92. The molecule has 5 nitrogen and oxygen atoms in total. The van der Waals surface area contributed by atoms with Gasteiger partial charge >= 0.3 is 0 Å². The highest BCUT2D eigenvalue weighted by Gasteiger charge is 2.17. The monoisotopic (exact) mass is 316 g/mol. The van der Waals surface area contributed by atoms with E-state index in [9.17, 15) is 0 Å². The summed E-state index contributed by atoms with van der Waals surface area (Å²) < 4.78 is 7.36. The number of nitrogens with zero attached hydrogens (tertiary/aromatic N) is 4. The summed E-state index contributed by atoms with van der Waals surface area (Å²) in [4.78, 5) is 13.4. The van der Waals surface area contributed by atoms with Gasteiger partial charge in [-0.05, 0) is 37.3 Å². The van der Waals surface area contributed by atoms with Crippen molar-refractivity contribution in [3.8, 4) is 28.3 Å². The fourth-order valence-electron chi connectivity index (χ4n) is 2.83. The Balaban J connectivity index is 2.03. The number of aromatic nitrogens is 4. The van der Waals surface area contributed by atoms with Crippen LogP contribution in [0.4, 0.5) is 0 Å². The number of methoxy groups -OCH3 is 1. The first-order chi connectivity index (χ1) is 11.8. The van der Waals surface area contributed by atoms with E-state index in [4.69, 9.17) is 9.72 Å². The Morgan fingerprint density at radius 3 is 2.71 bits per heavy atom. The largest absolute Gasteiger partial charge is 0.497 e. The standard InChI is InChI=1S/C19H16N4O/c1-13-11-15(7-9-20-13)18-17(14-5-3-6-16(12-14)24-2)22-19-21-8-4-10-23(18)19/h3-12H,1-2H3. The third-order valence-electron chi connectivity index (χ3n) is 3.92. The SMILES string of the molecule is COc1cccc(-c2nc3ncccn3c2-c2ccnc(C)c2)c1. The van der Waals surface area contributed by atoms with Crippen molar-refractivity contribution in [3.63, 3.8) is 0 Å². The maximum atomic E-state index is 5.35. The molecule has 118 valence electrons. The lowest BCUT2D eigenvalue weighted by atomic mass is 10.0. The zero-order valence-electron chi connectivity index (χ0n) is 13.5. The van der Waals surface area contributed by atoms with Gasteiger partial charge in [0.25, 0.3) is 0 Å². The smallest absolute Gasteiger partial charge is 0.234 e. The number of fused-ring (bicyclic) bond motifs is 1. The summed E-state index contributed by atoms with van der Waals surface area (Å²) in [5.41, 5.74) is 4.88. The van der Waals surface area contributed by atoms with Crippen LogP contribution < -0.4 is 4.74 Å². The van der Waals surface area contributed by atoms with E-state index in [-0.39, 0.29) is 0 Å². The fourth-order valence-corrected chi connectivity index (χ4v) is 2.83. The average Bonchev–Trinajstić information content (AvgIpc) is 3.01. The number of imidazole rings is 1. The van der Waals surface area contributed by atoms with Gasteiger partial charge in [-0.1, -0.05) is 12.1 Å². The second kappa shape index (κ2) is 5.77. The van der Waals surface area contributed by atoms with Gasteiger partial charge in [0.05, 0.1) is 18.5 Å². The highest BCUT2D eigenvalue weighted by Crippen LogP contribution is 2.33. The van der Waals surface area contributed by atoms with Crippen LogP contribution in [0.15, 0.2) is 61.1 Å². The van der Waals surface area contributed by atoms with Crippen LogP contribution in [-0.2, 0) is 0 Å². The van der Waals surface area contributed by atoms with Gasteiger partial charge < -0.3 is 4.74 Å². The second-order valence-electron chi connectivity index (χ2n) is 5.52. The lowest BCUT2D eigenvalue weighted by Gasteiger charge is -2.07. The molecule has 0 atom stereocenters. The maximum absolute atomic E-state index is 5.35. The van der Waals surface area contributed by atoms with Gasteiger partial charge in [-0.2, -0.15) is 0 Å². The summed E-state index contributed by atoms with van der Waals surface area (Å²) in [6, 6.07) is 13.9. The highest BCUT2D eigenvalue weighted by molar-refractivity contribution is 5.81. The first-order valence-electron chi connectivity index (χ1n) is 7.67. The Kier molecular flexibility index (Phi) is 3.46. The lowest BCUT2D eigenvalue weighted by molar-refractivity contribution is 0.415. The number of hydrogen-bond donors (Lipinski definition) is 0. The van der Waals surface area contributed by atoms with Crippen LogP contribution >= 0.6 is 0 Å². The second-order valence-corrected chi connectivity index (χ2v) is 5.52. The van der Waals surface area contributed by atoms with Crippen molar-refractivity contribution in [2.75, 3.05) is 7.11 Å². The van der Waals surface area contributed by atoms with Gasteiger partial charge in [-0.15, -0.1) is 0 Å². The number of ether oxygens (including phenoxy) is 1. The van der Waals surface area contributed by atoms with Crippen LogP contribution in [0.5, 0.6) is 5.75 Å². The molecule has 0 aliphatic carbocycles. The summed E-state index contributed by atoms with van der Waals surface area (Å²) in [6.45, 7) is 1.98. The average molecular weight is 316 g/mol. The van der Waals surface area contributed by atoms with E-state index >= 15 is 0 Å². The maximum Gasteiger partial charge on any atom is 0.234 e. The Bertz CT molecular complexity index is 1020. The molecule has 4 rings (SSSR count). The van der Waals surface area contributed by atoms with Gasteiger partial charge in [0.15, 0.2) is 0 Å². The quantitative estimate of drug-likeness (QED) is 0.577. The summed E-state index contributed by atoms with van der Waals surface area (Å²) in [5, 5.41) is 0. The van der Waals surface area contributed by atoms with Crippen molar-refractivity contribution >= 4 is 5.78 Å². The zero-order valence-corrected chi connectivity index (χ0v) is 13.5. The van der Waals surface area contributed by atoms with E-state index in [0.29, 0.717) is 5.78 Å². The Morgan fingerprint density at radius 2 is 1.88 bits per heavy atom. The molecule has 0 spiro atoms. The van der Waals surface area contributed by atoms with Crippen molar-refractivity contribution < 1.29 is 4.74 Å². The van der Waals surface area contributed by atoms with Crippen molar-refractivity contribution in [1.29, 1.82) is 0 Å². The first-order valence-corrected chi connectivity index (χ1v) is 7.67. The molecule has 1 aromatic carbocycles. The molecule has 0 bridgehead atoms. The van der Waals surface area contributed by atoms with Crippen molar-refractivity contribution in [1.82, 2.24) is 19.4 Å². The number of aryl methyl sites for hydroxylation is 1. The van der Waals surface area contributed by atoms with Gasteiger partial charge in [0.2, 0.25) is 5.78 Å². The summed E-state index contributed by atoms with van der Waals surface area (Å²) >= 11 is 0.